The van der Waals surface area contributed by atoms with Crippen LogP contribution in [0.4, 0.5) is 4.39 Å². The second-order valence-electron chi connectivity index (χ2n) is 4.44. The Bertz CT molecular complexity index is 699. The molecule has 0 aromatic heterocycles. The van der Waals surface area contributed by atoms with Gasteiger partial charge < -0.3 is 0 Å². The Morgan fingerprint density at radius 2 is 1.40 bits per heavy atom. The van der Waals surface area contributed by atoms with Crippen molar-refractivity contribution in [3.63, 3.8) is 0 Å². The molecule has 0 aliphatic carbocycles. The van der Waals surface area contributed by atoms with Crippen LogP contribution in [-0.4, -0.2) is 16.7 Å². The third kappa shape index (κ3) is 1.73. The van der Waals surface area contributed by atoms with E-state index >= 15 is 0 Å². The Hall–Kier alpha value is -2.75. The molecule has 1 heterocycles. The Balaban J connectivity index is 2.00. The number of amides is 2. The fraction of sp³-hybridized carbons (Fsp3) is 0. The summed E-state index contributed by atoms with van der Waals surface area (Å²) in [4.78, 5) is 25.5. The van der Waals surface area contributed by atoms with Crippen molar-refractivity contribution in [2.75, 3.05) is 0 Å². The van der Waals surface area contributed by atoms with Gasteiger partial charge in [-0.3, -0.25) is 9.59 Å². The van der Waals surface area contributed by atoms with E-state index in [4.69, 9.17) is 0 Å². The minimum absolute atomic E-state index is 0.246. The van der Waals surface area contributed by atoms with E-state index in [0.717, 1.165) is 4.90 Å². The molecule has 2 aromatic carbocycles. The van der Waals surface area contributed by atoms with Crippen molar-refractivity contribution in [1.29, 1.82) is 0 Å². The number of hydrogen-bond acceptors (Lipinski definition) is 2. The van der Waals surface area contributed by atoms with Crippen LogP contribution in [0, 0.1) is 5.82 Å². The lowest BCUT2D eigenvalue weighted by molar-refractivity contribution is 0.0736. The van der Waals surface area contributed by atoms with Crippen LogP contribution in [-0.2, 0) is 0 Å². The number of halogens is 1. The standard InChI is InChI=1S/C16H10FNO2/c1-10(11-6-8-12(17)9-7-11)18-15(19)13-4-2-3-5-14(13)16(18)20/h2-9H,1H2. The summed E-state index contributed by atoms with van der Waals surface area (Å²) in [6.07, 6.45) is 0. The van der Waals surface area contributed by atoms with Crippen LogP contribution < -0.4 is 0 Å². The lowest BCUT2D eigenvalue weighted by atomic mass is 10.1. The van der Waals surface area contributed by atoms with E-state index in [1.54, 1.807) is 24.3 Å². The van der Waals surface area contributed by atoms with Gasteiger partial charge in [0.05, 0.1) is 16.8 Å². The normalized spacial score (nSPS) is 13.6. The van der Waals surface area contributed by atoms with E-state index in [9.17, 15) is 14.0 Å². The molecule has 0 fully saturated rings. The summed E-state index contributed by atoms with van der Waals surface area (Å²) in [6.45, 7) is 3.78. The number of carbonyl (C=O) groups excluding carboxylic acids is 2. The summed E-state index contributed by atoms with van der Waals surface area (Å²) in [5.41, 5.74) is 1.50. The molecule has 3 nitrogen and oxygen atoms in total. The zero-order chi connectivity index (χ0) is 14.3. The number of carbonyl (C=O) groups is 2. The summed E-state index contributed by atoms with van der Waals surface area (Å²) in [5.74, 6) is -1.19. The zero-order valence-electron chi connectivity index (χ0n) is 10.5. The summed E-state index contributed by atoms with van der Waals surface area (Å²) in [7, 11) is 0. The maximum absolute atomic E-state index is 12.9. The maximum Gasteiger partial charge on any atom is 0.266 e. The van der Waals surface area contributed by atoms with Crippen LogP contribution in [0.5, 0.6) is 0 Å². The Labute approximate surface area is 115 Å². The highest BCUT2D eigenvalue weighted by molar-refractivity contribution is 6.25. The number of rotatable bonds is 2. The van der Waals surface area contributed by atoms with Crippen molar-refractivity contribution in [2.45, 2.75) is 0 Å². The van der Waals surface area contributed by atoms with E-state index in [-0.39, 0.29) is 11.5 Å². The van der Waals surface area contributed by atoms with Gasteiger partial charge in [-0.25, -0.2) is 9.29 Å². The monoisotopic (exact) mass is 267 g/mol. The second kappa shape index (κ2) is 4.42. The smallest absolute Gasteiger partial charge is 0.266 e. The maximum atomic E-state index is 12.9. The van der Waals surface area contributed by atoms with E-state index in [1.807, 2.05) is 0 Å². The van der Waals surface area contributed by atoms with Crippen molar-refractivity contribution in [1.82, 2.24) is 4.90 Å². The molecular formula is C16H10FNO2. The average molecular weight is 267 g/mol. The molecular weight excluding hydrogens is 257 g/mol. The Morgan fingerprint density at radius 1 is 0.900 bits per heavy atom. The summed E-state index contributed by atoms with van der Waals surface area (Å²) >= 11 is 0. The first kappa shape index (κ1) is 12.3. The lowest BCUT2D eigenvalue weighted by Crippen LogP contribution is -2.27. The van der Waals surface area contributed by atoms with Crippen molar-refractivity contribution in [2.24, 2.45) is 0 Å². The third-order valence-corrected chi connectivity index (χ3v) is 3.24. The van der Waals surface area contributed by atoms with Crippen LogP contribution in [0.15, 0.2) is 55.1 Å². The molecule has 2 amide bonds. The number of fused-ring (bicyclic) bond motifs is 1. The van der Waals surface area contributed by atoms with Gasteiger partial charge >= 0.3 is 0 Å². The highest BCUT2D eigenvalue weighted by atomic mass is 19.1. The Morgan fingerprint density at radius 3 is 1.90 bits per heavy atom. The van der Waals surface area contributed by atoms with Crippen LogP contribution in [0.1, 0.15) is 26.3 Å². The lowest BCUT2D eigenvalue weighted by Gasteiger charge is -2.16. The molecule has 2 aromatic rings. The van der Waals surface area contributed by atoms with Crippen molar-refractivity contribution in [3.8, 4) is 0 Å². The molecule has 20 heavy (non-hydrogen) atoms. The van der Waals surface area contributed by atoms with Gasteiger partial charge in [0.15, 0.2) is 0 Å². The summed E-state index contributed by atoms with van der Waals surface area (Å²) in [5, 5.41) is 0. The van der Waals surface area contributed by atoms with Gasteiger partial charge in [-0.15, -0.1) is 0 Å². The molecule has 0 unspecified atom stereocenters. The van der Waals surface area contributed by atoms with Crippen molar-refractivity contribution >= 4 is 17.5 Å². The minimum atomic E-state index is -0.403. The largest absolute Gasteiger partial charge is 0.268 e. The molecule has 98 valence electrons. The predicted octanol–water partition coefficient (Wildman–Crippen LogP) is 3.09. The minimum Gasteiger partial charge on any atom is -0.268 e. The van der Waals surface area contributed by atoms with Gasteiger partial charge in [0, 0.05) is 0 Å². The second-order valence-corrected chi connectivity index (χ2v) is 4.44. The van der Waals surface area contributed by atoms with Crippen molar-refractivity contribution < 1.29 is 14.0 Å². The first-order chi connectivity index (χ1) is 9.59. The van der Waals surface area contributed by atoms with Crippen LogP contribution in [0.3, 0.4) is 0 Å². The predicted molar refractivity (Wildman–Crippen MR) is 72.4 cm³/mol. The fourth-order valence-corrected chi connectivity index (χ4v) is 2.21. The molecule has 0 bridgehead atoms. The van der Waals surface area contributed by atoms with Gasteiger partial charge in [0.25, 0.3) is 11.8 Å². The van der Waals surface area contributed by atoms with Crippen molar-refractivity contribution in [3.05, 3.63) is 77.6 Å². The number of nitrogens with zero attached hydrogens (tertiary/aromatic N) is 1. The van der Waals surface area contributed by atoms with Gasteiger partial charge in [-0.2, -0.15) is 0 Å². The highest BCUT2D eigenvalue weighted by Gasteiger charge is 2.37. The SMILES string of the molecule is C=C(c1ccc(F)cc1)N1C(=O)c2ccccc2C1=O. The highest BCUT2D eigenvalue weighted by Crippen LogP contribution is 2.29. The Kier molecular flexibility index (Phi) is 2.71. The summed E-state index contributed by atoms with van der Waals surface area (Å²) < 4.78 is 12.9. The molecule has 0 N–H and O–H groups in total. The number of imide groups is 1. The fourth-order valence-electron chi connectivity index (χ4n) is 2.21. The van der Waals surface area contributed by atoms with E-state index in [2.05, 4.69) is 6.58 Å². The molecule has 0 atom stereocenters. The number of hydrogen-bond donors (Lipinski definition) is 0. The van der Waals surface area contributed by atoms with E-state index in [0.29, 0.717) is 16.7 Å². The van der Waals surface area contributed by atoms with Gasteiger partial charge in [0.2, 0.25) is 0 Å². The van der Waals surface area contributed by atoms with Crippen LogP contribution >= 0.6 is 0 Å². The first-order valence-corrected chi connectivity index (χ1v) is 6.02. The van der Waals surface area contributed by atoms with Gasteiger partial charge in [-0.1, -0.05) is 18.7 Å². The molecule has 1 aliphatic heterocycles. The molecule has 4 heteroatoms. The number of benzene rings is 2. The van der Waals surface area contributed by atoms with Gasteiger partial charge in [0.1, 0.15) is 5.82 Å². The zero-order valence-corrected chi connectivity index (χ0v) is 10.5. The van der Waals surface area contributed by atoms with Gasteiger partial charge in [-0.05, 0) is 42.0 Å². The molecule has 0 radical (unpaired) electrons. The molecule has 1 aliphatic rings. The molecule has 0 saturated heterocycles. The van der Waals surface area contributed by atoms with E-state index in [1.165, 1.54) is 24.3 Å². The molecule has 3 rings (SSSR count). The third-order valence-electron chi connectivity index (χ3n) is 3.24. The average Bonchev–Trinajstić information content (AvgIpc) is 2.72. The van der Waals surface area contributed by atoms with Crippen LogP contribution in [0.25, 0.3) is 5.70 Å². The first-order valence-electron chi connectivity index (χ1n) is 6.02. The summed E-state index contributed by atoms with van der Waals surface area (Å²) in [6, 6.07) is 12.1. The topological polar surface area (TPSA) is 37.4 Å². The molecule has 0 spiro atoms. The van der Waals surface area contributed by atoms with Crippen LogP contribution in [0.2, 0.25) is 0 Å². The van der Waals surface area contributed by atoms with E-state index < -0.39 is 11.8 Å². The molecule has 0 saturated carbocycles. The quantitative estimate of drug-likeness (QED) is 0.784.